The summed E-state index contributed by atoms with van der Waals surface area (Å²) in [6, 6.07) is 74.9. The van der Waals surface area contributed by atoms with Crippen molar-refractivity contribution in [2.75, 3.05) is 4.90 Å². The zero-order valence-electron chi connectivity index (χ0n) is 28.5. The molecular formula is C48H33BN2Si. The molecule has 0 saturated heterocycles. The number of fused-ring (bicyclic) bond motifs is 7. The monoisotopic (exact) mass is 676 g/mol. The van der Waals surface area contributed by atoms with Gasteiger partial charge in [0.05, 0.1) is 5.52 Å². The van der Waals surface area contributed by atoms with Crippen LogP contribution in [-0.4, -0.2) is 19.4 Å². The van der Waals surface area contributed by atoms with Crippen molar-refractivity contribution in [3.8, 4) is 5.69 Å². The van der Waals surface area contributed by atoms with Crippen LogP contribution in [0.15, 0.2) is 200 Å². The zero-order valence-corrected chi connectivity index (χ0v) is 29.5. The topological polar surface area (TPSA) is 8.17 Å². The summed E-state index contributed by atoms with van der Waals surface area (Å²) in [7, 11) is -2.87. The van der Waals surface area contributed by atoms with Gasteiger partial charge in [0.2, 0.25) is 0 Å². The van der Waals surface area contributed by atoms with E-state index in [4.69, 9.17) is 0 Å². The van der Waals surface area contributed by atoms with Crippen LogP contribution in [-0.2, 0) is 0 Å². The van der Waals surface area contributed by atoms with Gasteiger partial charge >= 0.3 is 0 Å². The normalized spacial score (nSPS) is 12.9. The van der Waals surface area contributed by atoms with Gasteiger partial charge in [-0.25, -0.2) is 0 Å². The summed E-state index contributed by atoms with van der Waals surface area (Å²) in [4.78, 5) is 2.47. The van der Waals surface area contributed by atoms with Gasteiger partial charge < -0.3 is 9.47 Å². The first-order chi connectivity index (χ1) is 25.9. The Morgan fingerprint density at radius 2 is 0.846 bits per heavy atom. The molecule has 242 valence electrons. The van der Waals surface area contributed by atoms with Crippen LogP contribution in [0.5, 0.6) is 0 Å². The van der Waals surface area contributed by atoms with Gasteiger partial charge in [-0.2, -0.15) is 0 Å². The second-order valence-corrected chi connectivity index (χ2v) is 17.8. The van der Waals surface area contributed by atoms with E-state index in [1.54, 1.807) is 0 Å². The van der Waals surface area contributed by atoms with Gasteiger partial charge in [-0.15, -0.1) is 0 Å². The van der Waals surface area contributed by atoms with Gasteiger partial charge in [0.25, 0.3) is 6.71 Å². The quantitative estimate of drug-likeness (QED) is 0.144. The molecule has 0 unspecified atom stereocenters. The van der Waals surface area contributed by atoms with Crippen LogP contribution < -0.4 is 42.0 Å². The molecule has 0 saturated carbocycles. The highest BCUT2D eigenvalue weighted by atomic mass is 28.3. The summed E-state index contributed by atoms with van der Waals surface area (Å²) in [6.07, 6.45) is 0. The van der Waals surface area contributed by atoms with E-state index in [-0.39, 0.29) is 6.71 Å². The van der Waals surface area contributed by atoms with Gasteiger partial charge in [0.1, 0.15) is 0 Å². The second-order valence-electron chi connectivity index (χ2n) is 14.0. The van der Waals surface area contributed by atoms with Gasteiger partial charge in [-0.3, -0.25) is 0 Å². The van der Waals surface area contributed by atoms with Gasteiger partial charge in [-0.1, -0.05) is 170 Å². The van der Waals surface area contributed by atoms with E-state index in [1.807, 2.05) is 0 Å². The molecule has 52 heavy (non-hydrogen) atoms. The molecule has 8 aromatic carbocycles. The van der Waals surface area contributed by atoms with Crippen LogP contribution in [0.2, 0.25) is 0 Å². The molecule has 0 bridgehead atoms. The van der Waals surface area contributed by atoms with E-state index in [2.05, 4.69) is 210 Å². The van der Waals surface area contributed by atoms with Crippen molar-refractivity contribution in [2.45, 2.75) is 0 Å². The average molecular weight is 677 g/mol. The minimum absolute atomic E-state index is 0.116. The Hall–Kier alpha value is -6.36. The Morgan fingerprint density at radius 1 is 0.365 bits per heavy atom. The highest BCUT2D eigenvalue weighted by Gasteiger charge is 2.46. The molecule has 0 amide bonds. The lowest BCUT2D eigenvalue weighted by Gasteiger charge is -2.40. The van der Waals surface area contributed by atoms with Crippen molar-refractivity contribution in [2.24, 2.45) is 0 Å². The van der Waals surface area contributed by atoms with E-state index in [1.165, 1.54) is 81.7 Å². The fourth-order valence-electron chi connectivity index (χ4n) is 9.57. The number of anilines is 3. The van der Waals surface area contributed by atoms with Crippen molar-refractivity contribution < 1.29 is 0 Å². The first kappa shape index (κ1) is 29.4. The maximum absolute atomic E-state index is 2.87. The summed E-state index contributed by atoms with van der Waals surface area (Å²) in [5, 5.41) is 8.16. The fraction of sp³-hybridized carbons (Fsp3) is 0. The Balaban J connectivity index is 1.33. The number of aromatic nitrogens is 1. The number of nitrogens with zero attached hydrogens (tertiary/aromatic N) is 2. The first-order valence-corrected chi connectivity index (χ1v) is 20.2. The number of hydrogen-bond donors (Lipinski definition) is 0. The molecule has 0 spiro atoms. The summed E-state index contributed by atoms with van der Waals surface area (Å²) < 4.78 is 2.65. The Labute approximate surface area is 305 Å². The lowest BCUT2D eigenvalue weighted by molar-refractivity contribution is 1.18. The molecule has 0 N–H and O–H groups in total. The number of hydrogen-bond acceptors (Lipinski definition) is 1. The van der Waals surface area contributed by atoms with Gasteiger partial charge in [0.15, 0.2) is 8.07 Å². The standard InChI is InChI=1S/C48H33BN2Si/c1-5-18-34(19-6-1)50-42-30-14-13-28-40(42)49-41-29-15-26-38-39-27-16-33-45(48(39)51(47(38)41)44-32-17-31-43(50)46(44)49)52(35-20-7-2-8-21-35,36-22-9-3-10-23-36)37-24-11-4-12-25-37/h1-33H. The first-order valence-electron chi connectivity index (χ1n) is 18.2. The largest absolute Gasteiger partial charge is 0.311 e. The number of benzene rings is 8. The molecule has 11 rings (SSSR count). The highest BCUT2D eigenvalue weighted by molar-refractivity contribution is 7.20. The van der Waals surface area contributed by atoms with Crippen molar-refractivity contribution >= 4 is 90.8 Å². The summed E-state index contributed by atoms with van der Waals surface area (Å²) in [5.74, 6) is 0. The van der Waals surface area contributed by atoms with E-state index in [9.17, 15) is 0 Å². The molecule has 9 aromatic rings. The maximum atomic E-state index is 2.65. The van der Waals surface area contributed by atoms with E-state index < -0.39 is 8.07 Å². The van der Waals surface area contributed by atoms with Gasteiger partial charge in [-0.05, 0) is 67.5 Å². The van der Waals surface area contributed by atoms with Crippen molar-refractivity contribution in [3.63, 3.8) is 0 Å². The zero-order chi connectivity index (χ0) is 34.2. The highest BCUT2D eigenvalue weighted by Crippen LogP contribution is 2.41. The Morgan fingerprint density at radius 3 is 1.50 bits per heavy atom. The van der Waals surface area contributed by atoms with Gasteiger partial charge in [0, 0.05) is 39.0 Å². The summed E-state index contributed by atoms with van der Waals surface area (Å²) in [5.41, 5.74) is 11.6. The van der Waals surface area contributed by atoms with E-state index in [0.717, 1.165) is 0 Å². The SMILES string of the molecule is c1ccc(N2c3ccccc3B3c4c2cccc4-n2c4c3cccc4c3cccc([Si](c4ccccc4)(c4ccccc4)c4ccccc4)c32)cc1. The summed E-state index contributed by atoms with van der Waals surface area (Å²) >= 11 is 0. The maximum Gasteiger partial charge on any atom is 0.252 e. The van der Waals surface area contributed by atoms with Crippen molar-refractivity contribution in [3.05, 3.63) is 200 Å². The Bertz CT molecular complexity index is 2700. The van der Waals surface area contributed by atoms with Crippen LogP contribution in [0.1, 0.15) is 0 Å². The Kier molecular flexibility index (Phi) is 6.40. The molecule has 0 fully saturated rings. The number of rotatable bonds is 5. The minimum atomic E-state index is -2.87. The van der Waals surface area contributed by atoms with Crippen molar-refractivity contribution in [1.82, 2.24) is 4.57 Å². The molecule has 0 atom stereocenters. The summed E-state index contributed by atoms with van der Waals surface area (Å²) in [6.45, 7) is 0.116. The van der Waals surface area contributed by atoms with E-state index >= 15 is 0 Å². The lowest BCUT2D eigenvalue weighted by atomic mass is 9.34. The third-order valence-corrected chi connectivity index (χ3v) is 16.3. The van der Waals surface area contributed by atoms with Crippen LogP contribution >= 0.6 is 0 Å². The predicted octanol–water partition coefficient (Wildman–Crippen LogP) is 6.77. The molecule has 2 aliphatic rings. The van der Waals surface area contributed by atoms with Crippen LogP contribution in [0.3, 0.4) is 0 Å². The molecule has 2 nitrogen and oxygen atoms in total. The lowest BCUT2D eigenvalue weighted by Crippen LogP contribution is -2.75. The van der Waals surface area contributed by atoms with Crippen LogP contribution in [0.4, 0.5) is 17.1 Å². The number of para-hydroxylation sites is 4. The van der Waals surface area contributed by atoms with E-state index in [0.29, 0.717) is 0 Å². The molecule has 0 aliphatic carbocycles. The van der Waals surface area contributed by atoms with Crippen molar-refractivity contribution in [1.29, 1.82) is 0 Å². The fourth-order valence-corrected chi connectivity index (χ4v) is 14.5. The molecule has 3 heterocycles. The molecule has 4 heteroatoms. The predicted molar refractivity (Wildman–Crippen MR) is 224 cm³/mol. The van der Waals surface area contributed by atoms with Crippen LogP contribution in [0.25, 0.3) is 27.5 Å². The average Bonchev–Trinajstić information content (AvgIpc) is 3.57. The molecule has 2 aliphatic heterocycles. The minimum Gasteiger partial charge on any atom is -0.311 e. The molecular weight excluding hydrogens is 643 g/mol. The third-order valence-electron chi connectivity index (χ3n) is 11.5. The smallest absolute Gasteiger partial charge is 0.252 e. The third kappa shape index (κ3) is 3.90. The van der Waals surface area contributed by atoms with Crippen LogP contribution in [0, 0.1) is 0 Å². The second kappa shape index (κ2) is 11.3. The molecule has 0 radical (unpaired) electrons. The molecule has 1 aromatic heterocycles.